The maximum absolute atomic E-state index is 12.6. The SMILES string of the molecule is O=C(c1cc(Br)ccc1Cl)N1CCN(c2cccc[nH+]2)CC1. The number of rotatable bonds is 2. The van der Waals surface area contributed by atoms with E-state index >= 15 is 0 Å². The van der Waals surface area contributed by atoms with Crippen LogP contribution in [0.25, 0.3) is 0 Å². The van der Waals surface area contributed by atoms with E-state index < -0.39 is 0 Å². The Hall–Kier alpha value is -1.59. The van der Waals surface area contributed by atoms with Crippen LogP contribution in [-0.4, -0.2) is 37.0 Å². The van der Waals surface area contributed by atoms with E-state index in [1.54, 1.807) is 12.1 Å². The summed E-state index contributed by atoms with van der Waals surface area (Å²) in [6.45, 7) is 2.98. The quantitative estimate of drug-likeness (QED) is 0.802. The monoisotopic (exact) mass is 380 g/mol. The number of nitrogens with one attached hydrogen (secondary N) is 1. The summed E-state index contributed by atoms with van der Waals surface area (Å²) >= 11 is 9.54. The number of piperazine rings is 1. The smallest absolute Gasteiger partial charge is 0.274 e. The van der Waals surface area contributed by atoms with Gasteiger partial charge in [-0.25, -0.2) is 4.98 Å². The van der Waals surface area contributed by atoms with E-state index in [4.69, 9.17) is 11.6 Å². The molecule has 4 nitrogen and oxygen atoms in total. The summed E-state index contributed by atoms with van der Waals surface area (Å²) in [6, 6.07) is 11.4. The van der Waals surface area contributed by atoms with Gasteiger partial charge in [-0.1, -0.05) is 33.6 Å². The fraction of sp³-hybridized carbons (Fsp3) is 0.250. The number of aromatic amines is 1. The fourth-order valence-corrected chi connectivity index (χ4v) is 3.12. The van der Waals surface area contributed by atoms with Gasteiger partial charge >= 0.3 is 0 Å². The Bertz CT molecular complexity index is 672. The number of pyridine rings is 1. The number of carbonyl (C=O) groups excluding carboxylic acids is 1. The van der Waals surface area contributed by atoms with E-state index in [2.05, 4.69) is 25.8 Å². The van der Waals surface area contributed by atoms with Gasteiger partial charge in [0.1, 0.15) is 13.1 Å². The average molecular weight is 382 g/mol. The molecule has 6 heteroatoms. The maximum atomic E-state index is 12.6. The van der Waals surface area contributed by atoms with Gasteiger partial charge in [0.05, 0.1) is 29.9 Å². The summed E-state index contributed by atoms with van der Waals surface area (Å²) in [5.74, 6) is 1.07. The number of amides is 1. The summed E-state index contributed by atoms with van der Waals surface area (Å²) in [4.78, 5) is 19.9. The molecule has 1 aliphatic rings. The van der Waals surface area contributed by atoms with Crippen LogP contribution in [0.15, 0.2) is 47.1 Å². The maximum Gasteiger partial charge on any atom is 0.274 e. The number of nitrogens with zero attached hydrogens (tertiary/aromatic N) is 2. The number of carbonyl (C=O) groups is 1. The molecule has 1 saturated heterocycles. The molecule has 0 radical (unpaired) electrons. The van der Waals surface area contributed by atoms with Crippen LogP contribution in [-0.2, 0) is 0 Å². The molecule has 0 atom stereocenters. The predicted octanol–water partition coefficient (Wildman–Crippen LogP) is 2.88. The molecule has 0 unspecified atom stereocenters. The molecule has 1 aromatic carbocycles. The van der Waals surface area contributed by atoms with Crippen molar-refractivity contribution in [2.75, 3.05) is 31.1 Å². The van der Waals surface area contributed by atoms with Crippen LogP contribution in [0.4, 0.5) is 5.82 Å². The van der Waals surface area contributed by atoms with Crippen LogP contribution in [0.2, 0.25) is 5.02 Å². The molecule has 0 spiro atoms. The van der Waals surface area contributed by atoms with Gasteiger partial charge < -0.3 is 4.90 Å². The highest BCUT2D eigenvalue weighted by Crippen LogP contribution is 2.23. The zero-order valence-electron chi connectivity index (χ0n) is 11.9. The van der Waals surface area contributed by atoms with Crippen molar-refractivity contribution in [1.29, 1.82) is 0 Å². The van der Waals surface area contributed by atoms with Crippen LogP contribution in [0.3, 0.4) is 0 Å². The van der Waals surface area contributed by atoms with Crippen molar-refractivity contribution in [1.82, 2.24) is 4.90 Å². The van der Waals surface area contributed by atoms with Crippen LogP contribution >= 0.6 is 27.5 Å². The Morgan fingerprint density at radius 2 is 1.91 bits per heavy atom. The molecule has 3 rings (SSSR count). The molecule has 1 aromatic heterocycles. The number of hydrogen-bond acceptors (Lipinski definition) is 2. The summed E-state index contributed by atoms with van der Waals surface area (Å²) in [5.41, 5.74) is 0.552. The van der Waals surface area contributed by atoms with Crippen LogP contribution < -0.4 is 9.88 Å². The van der Waals surface area contributed by atoms with E-state index in [0.29, 0.717) is 23.7 Å². The third-order valence-corrected chi connectivity index (χ3v) is 4.58. The highest BCUT2D eigenvalue weighted by Gasteiger charge is 2.27. The zero-order valence-corrected chi connectivity index (χ0v) is 14.3. The number of anilines is 1. The molecule has 22 heavy (non-hydrogen) atoms. The lowest BCUT2D eigenvalue weighted by Crippen LogP contribution is -2.50. The lowest BCUT2D eigenvalue weighted by molar-refractivity contribution is -0.364. The van der Waals surface area contributed by atoms with Gasteiger partial charge in [-0.15, -0.1) is 0 Å². The number of aromatic nitrogens is 1. The predicted molar refractivity (Wildman–Crippen MR) is 90.3 cm³/mol. The highest BCUT2D eigenvalue weighted by molar-refractivity contribution is 9.10. The first-order chi connectivity index (χ1) is 10.6. The summed E-state index contributed by atoms with van der Waals surface area (Å²) in [7, 11) is 0. The first-order valence-electron chi connectivity index (χ1n) is 7.11. The fourth-order valence-electron chi connectivity index (χ4n) is 2.56. The molecule has 1 fully saturated rings. The Morgan fingerprint density at radius 1 is 1.14 bits per heavy atom. The second-order valence-corrected chi connectivity index (χ2v) is 6.47. The largest absolute Gasteiger partial charge is 0.331 e. The molecule has 0 bridgehead atoms. The van der Waals surface area contributed by atoms with Crippen molar-refractivity contribution in [2.45, 2.75) is 0 Å². The van der Waals surface area contributed by atoms with Crippen molar-refractivity contribution >= 4 is 39.3 Å². The number of hydrogen-bond donors (Lipinski definition) is 0. The van der Waals surface area contributed by atoms with Crippen molar-refractivity contribution in [2.24, 2.45) is 0 Å². The van der Waals surface area contributed by atoms with Gasteiger partial charge in [0, 0.05) is 10.5 Å². The second-order valence-electron chi connectivity index (χ2n) is 5.15. The lowest BCUT2D eigenvalue weighted by Gasteiger charge is -2.31. The van der Waals surface area contributed by atoms with Crippen molar-refractivity contribution < 1.29 is 9.78 Å². The lowest BCUT2D eigenvalue weighted by atomic mass is 10.2. The Kier molecular flexibility index (Phi) is 4.64. The Balaban J connectivity index is 1.68. The molecule has 2 aromatic rings. The minimum absolute atomic E-state index is 0.0111. The van der Waals surface area contributed by atoms with Crippen LogP contribution in [0.1, 0.15) is 10.4 Å². The molecule has 1 N–H and O–H groups in total. The minimum Gasteiger partial charge on any atom is -0.331 e. The summed E-state index contributed by atoms with van der Waals surface area (Å²) < 4.78 is 0.859. The van der Waals surface area contributed by atoms with E-state index in [0.717, 1.165) is 23.4 Å². The van der Waals surface area contributed by atoms with Crippen molar-refractivity contribution in [3.8, 4) is 0 Å². The Morgan fingerprint density at radius 3 is 2.59 bits per heavy atom. The molecular weight excluding hydrogens is 366 g/mol. The van der Waals surface area contributed by atoms with Gasteiger partial charge in [0.2, 0.25) is 0 Å². The van der Waals surface area contributed by atoms with E-state index in [1.807, 2.05) is 35.4 Å². The minimum atomic E-state index is -0.0111. The molecule has 114 valence electrons. The van der Waals surface area contributed by atoms with Crippen molar-refractivity contribution in [3.05, 3.63) is 57.7 Å². The average Bonchev–Trinajstić information content (AvgIpc) is 2.57. The molecule has 0 aliphatic carbocycles. The van der Waals surface area contributed by atoms with Crippen LogP contribution in [0.5, 0.6) is 0 Å². The summed E-state index contributed by atoms with van der Waals surface area (Å²) in [5, 5.41) is 0.493. The van der Waals surface area contributed by atoms with Gasteiger partial charge in [-0.05, 0) is 24.3 Å². The van der Waals surface area contributed by atoms with Gasteiger partial charge in [0.15, 0.2) is 0 Å². The van der Waals surface area contributed by atoms with E-state index in [-0.39, 0.29) is 5.91 Å². The summed E-state index contributed by atoms with van der Waals surface area (Å²) in [6.07, 6.45) is 1.91. The zero-order chi connectivity index (χ0) is 15.5. The second kappa shape index (κ2) is 6.67. The standard InChI is InChI=1S/C16H15BrClN3O/c17-12-4-5-14(18)13(11-12)16(22)21-9-7-20(8-10-21)15-3-1-2-6-19-15/h1-6,11H,7-10H2/p+1. The molecular formula is C16H16BrClN3O+. The van der Waals surface area contributed by atoms with Gasteiger partial charge in [0.25, 0.3) is 11.7 Å². The highest BCUT2D eigenvalue weighted by atomic mass is 79.9. The molecule has 1 amide bonds. The van der Waals surface area contributed by atoms with E-state index in [9.17, 15) is 4.79 Å². The van der Waals surface area contributed by atoms with Crippen molar-refractivity contribution in [3.63, 3.8) is 0 Å². The normalized spacial score (nSPS) is 15.0. The molecule has 0 saturated carbocycles. The van der Waals surface area contributed by atoms with Gasteiger partial charge in [-0.2, -0.15) is 0 Å². The topological polar surface area (TPSA) is 37.7 Å². The molecule has 2 heterocycles. The molecule has 1 aliphatic heterocycles. The third kappa shape index (κ3) is 3.25. The number of benzene rings is 1. The van der Waals surface area contributed by atoms with E-state index in [1.165, 1.54) is 0 Å². The number of halogens is 2. The Labute approximate surface area is 142 Å². The third-order valence-electron chi connectivity index (χ3n) is 3.76. The number of H-pyrrole nitrogens is 1. The first-order valence-corrected chi connectivity index (χ1v) is 8.28. The van der Waals surface area contributed by atoms with Crippen LogP contribution in [0, 0.1) is 0 Å². The van der Waals surface area contributed by atoms with Gasteiger partial charge in [-0.3, -0.25) is 9.69 Å². The first kappa shape index (κ1) is 15.3.